The van der Waals surface area contributed by atoms with Crippen molar-refractivity contribution in [1.82, 2.24) is 9.55 Å². The molecule has 0 fully saturated rings. The first kappa shape index (κ1) is 11.0. The van der Waals surface area contributed by atoms with Crippen molar-refractivity contribution >= 4 is 11.3 Å². The van der Waals surface area contributed by atoms with E-state index in [-0.39, 0.29) is 0 Å². The summed E-state index contributed by atoms with van der Waals surface area (Å²) in [6, 6.07) is 11.9. The lowest BCUT2D eigenvalue weighted by Gasteiger charge is -2.04. The summed E-state index contributed by atoms with van der Waals surface area (Å²) < 4.78 is 7.36. The Kier molecular flexibility index (Phi) is 2.86. The summed E-state index contributed by atoms with van der Waals surface area (Å²) in [5.41, 5.74) is 1.97. The van der Waals surface area contributed by atoms with Gasteiger partial charge in [0.05, 0.1) is 12.8 Å². The third kappa shape index (κ3) is 1.91. The summed E-state index contributed by atoms with van der Waals surface area (Å²) in [6.07, 6.45) is 3.98. The first-order valence-electron chi connectivity index (χ1n) is 5.61. The van der Waals surface area contributed by atoms with Crippen LogP contribution in [-0.4, -0.2) is 16.7 Å². The van der Waals surface area contributed by atoms with Gasteiger partial charge in [-0.1, -0.05) is 12.1 Å². The summed E-state index contributed by atoms with van der Waals surface area (Å²) in [4.78, 5) is 4.63. The fourth-order valence-corrected chi connectivity index (χ4v) is 2.62. The Bertz CT molecular complexity index is 643. The molecule has 3 rings (SSSR count). The van der Waals surface area contributed by atoms with Gasteiger partial charge in [-0.2, -0.15) is 0 Å². The van der Waals surface area contributed by atoms with Gasteiger partial charge in [-0.05, 0) is 24.3 Å². The molecule has 90 valence electrons. The predicted molar refractivity (Wildman–Crippen MR) is 73.4 cm³/mol. The highest BCUT2D eigenvalue weighted by molar-refractivity contribution is 7.12. The normalized spacial score (nSPS) is 10.5. The van der Waals surface area contributed by atoms with Crippen LogP contribution in [0.1, 0.15) is 0 Å². The second kappa shape index (κ2) is 4.66. The summed E-state index contributed by atoms with van der Waals surface area (Å²) in [6.45, 7) is 0. The van der Waals surface area contributed by atoms with E-state index < -0.39 is 0 Å². The van der Waals surface area contributed by atoms with E-state index in [0.29, 0.717) is 0 Å². The number of rotatable bonds is 3. The van der Waals surface area contributed by atoms with Gasteiger partial charge in [0, 0.05) is 23.3 Å². The fraction of sp³-hybridized carbons (Fsp3) is 0.0714. The maximum absolute atomic E-state index is 5.36. The lowest BCUT2D eigenvalue weighted by Crippen LogP contribution is -1.90. The molecular weight excluding hydrogens is 244 g/mol. The average molecular weight is 256 g/mol. The Morgan fingerprint density at radius 3 is 2.67 bits per heavy atom. The van der Waals surface area contributed by atoms with Crippen LogP contribution in [0.15, 0.2) is 54.2 Å². The van der Waals surface area contributed by atoms with E-state index in [1.807, 2.05) is 58.7 Å². The van der Waals surface area contributed by atoms with E-state index in [1.165, 1.54) is 0 Å². The molecule has 4 heteroatoms. The van der Waals surface area contributed by atoms with Crippen LogP contribution in [0, 0.1) is 0 Å². The molecule has 2 aromatic heterocycles. The third-order valence-electron chi connectivity index (χ3n) is 2.70. The molecular formula is C14H12N2OS. The van der Waals surface area contributed by atoms with E-state index in [1.54, 1.807) is 18.4 Å². The van der Waals surface area contributed by atoms with Crippen LogP contribution in [0.25, 0.3) is 16.4 Å². The number of benzene rings is 1. The lowest BCUT2D eigenvalue weighted by molar-refractivity contribution is 0.416. The summed E-state index contributed by atoms with van der Waals surface area (Å²) >= 11 is 1.62. The number of hydrogen-bond donors (Lipinski definition) is 0. The third-order valence-corrected chi connectivity index (χ3v) is 3.55. The molecule has 0 radical (unpaired) electrons. The average Bonchev–Trinajstić information content (AvgIpc) is 3.09. The van der Waals surface area contributed by atoms with Gasteiger partial charge in [-0.15, -0.1) is 11.3 Å². The SMILES string of the molecule is COc1ccccc1-c1csc(-n2cccc2)n1. The Labute approximate surface area is 109 Å². The van der Waals surface area contributed by atoms with Crippen LogP contribution < -0.4 is 4.74 Å². The number of para-hydroxylation sites is 1. The van der Waals surface area contributed by atoms with Crippen molar-refractivity contribution in [1.29, 1.82) is 0 Å². The van der Waals surface area contributed by atoms with Gasteiger partial charge in [-0.25, -0.2) is 4.98 Å². The lowest BCUT2D eigenvalue weighted by atomic mass is 10.1. The smallest absolute Gasteiger partial charge is 0.194 e. The topological polar surface area (TPSA) is 27.1 Å². The van der Waals surface area contributed by atoms with Crippen LogP contribution in [0.5, 0.6) is 5.75 Å². The zero-order valence-electron chi connectivity index (χ0n) is 9.91. The van der Waals surface area contributed by atoms with E-state index in [9.17, 15) is 0 Å². The molecule has 1 aromatic carbocycles. The van der Waals surface area contributed by atoms with Crippen molar-refractivity contribution in [2.75, 3.05) is 7.11 Å². The van der Waals surface area contributed by atoms with Crippen molar-refractivity contribution in [3.63, 3.8) is 0 Å². The molecule has 2 heterocycles. The second-order valence-electron chi connectivity index (χ2n) is 3.81. The van der Waals surface area contributed by atoms with Gasteiger partial charge in [-0.3, -0.25) is 0 Å². The number of thiazole rings is 1. The largest absolute Gasteiger partial charge is 0.496 e. The highest BCUT2D eigenvalue weighted by Crippen LogP contribution is 2.31. The van der Waals surface area contributed by atoms with Crippen molar-refractivity contribution in [3.05, 3.63) is 54.2 Å². The van der Waals surface area contributed by atoms with Crippen molar-refractivity contribution in [2.24, 2.45) is 0 Å². The van der Waals surface area contributed by atoms with Crippen LogP contribution >= 0.6 is 11.3 Å². The molecule has 0 N–H and O–H groups in total. The Balaban J connectivity index is 2.03. The predicted octanol–water partition coefficient (Wildman–Crippen LogP) is 3.61. The van der Waals surface area contributed by atoms with Crippen LogP contribution in [0.2, 0.25) is 0 Å². The van der Waals surface area contributed by atoms with Crippen molar-refractivity contribution in [3.8, 4) is 22.1 Å². The van der Waals surface area contributed by atoms with E-state index in [2.05, 4.69) is 4.98 Å². The van der Waals surface area contributed by atoms with Crippen LogP contribution in [0.3, 0.4) is 0 Å². The summed E-state index contributed by atoms with van der Waals surface area (Å²) in [5, 5.41) is 3.01. The van der Waals surface area contributed by atoms with Crippen molar-refractivity contribution in [2.45, 2.75) is 0 Å². The molecule has 0 saturated heterocycles. The minimum Gasteiger partial charge on any atom is -0.496 e. The molecule has 0 unspecified atom stereocenters. The van der Waals surface area contributed by atoms with E-state index in [4.69, 9.17) is 4.74 Å². The quantitative estimate of drug-likeness (QED) is 0.715. The fourth-order valence-electron chi connectivity index (χ4n) is 1.82. The maximum Gasteiger partial charge on any atom is 0.194 e. The molecule has 18 heavy (non-hydrogen) atoms. The van der Waals surface area contributed by atoms with Gasteiger partial charge < -0.3 is 9.30 Å². The maximum atomic E-state index is 5.36. The zero-order chi connectivity index (χ0) is 12.4. The number of hydrogen-bond acceptors (Lipinski definition) is 3. The van der Waals surface area contributed by atoms with Crippen LogP contribution in [0.4, 0.5) is 0 Å². The molecule has 0 atom stereocenters. The molecule has 3 nitrogen and oxygen atoms in total. The van der Waals surface area contributed by atoms with Crippen LogP contribution in [-0.2, 0) is 0 Å². The number of ether oxygens (including phenoxy) is 1. The highest BCUT2D eigenvalue weighted by atomic mass is 32.1. The van der Waals surface area contributed by atoms with Gasteiger partial charge in [0.25, 0.3) is 0 Å². The van der Waals surface area contributed by atoms with E-state index >= 15 is 0 Å². The molecule has 0 aliphatic carbocycles. The Morgan fingerprint density at radius 1 is 1.11 bits per heavy atom. The second-order valence-corrected chi connectivity index (χ2v) is 4.64. The monoisotopic (exact) mass is 256 g/mol. The molecule has 0 amide bonds. The minimum atomic E-state index is 0.849. The standard InChI is InChI=1S/C14H12N2OS/c1-17-13-7-3-2-6-11(13)12-10-18-14(15-12)16-8-4-5-9-16/h2-10H,1H3. The molecule has 3 aromatic rings. The first-order chi connectivity index (χ1) is 8.88. The highest BCUT2D eigenvalue weighted by Gasteiger charge is 2.09. The molecule has 0 bridgehead atoms. The molecule has 0 spiro atoms. The summed E-state index contributed by atoms with van der Waals surface area (Å²) in [7, 11) is 1.68. The zero-order valence-corrected chi connectivity index (χ0v) is 10.7. The first-order valence-corrected chi connectivity index (χ1v) is 6.49. The Hall–Kier alpha value is -2.07. The van der Waals surface area contributed by atoms with Crippen molar-refractivity contribution < 1.29 is 4.74 Å². The Morgan fingerprint density at radius 2 is 1.89 bits per heavy atom. The number of methoxy groups -OCH3 is 1. The minimum absolute atomic E-state index is 0.849. The summed E-state index contributed by atoms with van der Waals surface area (Å²) in [5.74, 6) is 0.849. The van der Waals surface area contributed by atoms with Gasteiger partial charge in [0.15, 0.2) is 5.13 Å². The van der Waals surface area contributed by atoms with E-state index in [0.717, 1.165) is 22.1 Å². The van der Waals surface area contributed by atoms with Gasteiger partial charge in [0.1, 0.15) is 5.75 Å². The van der Waals surface area contributed by atoms with Gasteiger partial charge in [0.2, 0.25) is 0 Å². The van der Waals surface area contributed by atoms with Gasteiger partial charge >= 0.3 is 0 Å². The number of nitrogens with zero attached hydrogens (tertiary/aromatic N) is 2. The molecule has 0 aliphatic heterocycles. The molecule has 0 aliphatic rings. The molecule has 0 saturated carbocycles. The number of aromatic nitrogens is 2.